The van der Waals surface area contributed by atoms with Gasteiger partial charge in [-0.3, -0.25) is 0 Å². The monoisotopic (exact) mass is 209 g/mol. The van der Waals surface area contributed by atoms with E-state index in [0.717, 1.165) is 5.02 Å². The molecule has 0 spiro atoms. The van der Waals surface area contributed by atoms with Crippen molar-refractivity contribution in [3.63, 3.8) is 0 Å². The van der Waals surface area contributed by atoms with Crippen molar-refractivity contribution >= 4 is 0 Å². The predicted octanol–water partition coefficient (Wildman–Crippen LogP) is -1.96. The van der Waals surface area contributed by atoms with Crippen LogP contribution in [0, 0.1) is 11.3 Å². The van der Waals surface area contributed by atoms with Gasteiger partial charge in [0.2, 0.25) is 0 Å². The molecule has 0 saturated carbocycles. The summed E-state index contributed by atoms with van der Waals surface area (Å²) in [5.41, 5.74) is 0. The van der Waals surface area contributed by atoms with E-state index in [9.17, 15) is 0 Å². The average molecular weight is 211 g/mol. The third-order valence-corrected chi connectivity index (χ3v) is 1.06. The summed E-state index contributed by atoms with van der Waals surface area (Å²) in [7, 11) is 0. The van der Waals surface area contributed by atoms with E-state index in [1.165, 1.54) is 24.4 Å². The molecule has 0 fully saturated rings. The fourth-order valence-corrected chi connectivity index (χ4v) is 0.486. The summed E-state index contributed by atoms with van der Waals surface area (Å²) in [5.74, 6) is 0. The Morgan fingerprint density at radius 2 is 2.29 bits per heavy atom. The molecule has 0 aromatic heterocycles. The van der Waals surface area contributed by atoms with Gasteiger partial charge >= 0.3 is 46.8 Å². The molecule has 0 heterocycles. The summed E-state index contributed by atoms with van der Waals surface area (Å²) < 4.78 is 0. The van der Waals surface area contributed by atoms with E-state index in [4.69, 9.17) is 5.26 Å². The van der Waals surface area contributed by atoms with Crippen molar-refractivity contribution in [3.8, 4) is 6.07 Å². The third kappa shape index (κ3) is 10.7. The minimum Gasteiger partial charge on any atom is -1.00 e. The first kappa shape index (κ1) is 10.3. The number of allylic oxidation sites excluding steroid dienone is 2. The summed E-state index contributed by atoms with van der Waals surface area (Å²) in [5, 5.41) is 8.95. The topological polar surface area (TPSA) is 23.8 Å². The van der Waals surface area contributed by atoms with Crippen molar-refractivity contribution < 1.29 is 35.3 Å². The maximum atomic E-state index is 7.87. The summed E-state index contributed by atoms with van der Waals surface area (Å²) >= 11 is 1.25. The molecule has 0 unspecified atom stereocenters. The van der Waals surface area contributed by atoms with Crippen LogP contribution >= 0.6 is 0 Å². The quantitative estimate of drug-likeness (QED) is 0.365. The van der Waals surface area contributed by atoms with Gasteiger partial charge in [-0.2, -0.15) is 0 Å². The Morgan fingerprint density at radius 1 is 1.71 bits per heavy atom. The molecule has 0 aromatic carbocycles. The summed E-state index contributed by atoms with van der Waals surface area (Å²) in [6.45, 7) is 0. The summed E-state index contributed by atoms with van der Waals surface area (Å²) in [6, 6.07) is 1.91. The van der Waals surface area contributed by atoms with Crippen LogP contribution in [0.4, 0.5) is 0 Å². The van der Waals surface area contributed by atoms with Crippen molar-refractivity contribution in [2.45, 2.75) is 5.02 Å². The number of halogens is 1. The van der Waals surface area contributed by atoms with Gasteiger partial charge in [0.15, 0.2) is 0 Å². The van der Waals surface area contributed by atoms with E-state index in [-0.39, 0.29) is 17.0 Å². The molecule has 0 aliphatic heterocycles. The van der Waals surface area contributed by atoms with Crippen molar-refractivity contribution in [2.24, 2.45) is 0 Å². The number of hydrogen-bond donors (Lipinski definition) is 0. The molecule has 0 aliphatic carbocycles. The van der Waals surface area contributed by atoms with Gasteiger partial charge in [0.25, 0.3) is 0 Å². The Balaban J connectivity index is 0. The summed E-state index contributed by atoms with van der Waals surface area (Å²) in [4.78, 5) is 0. The van der Waals surface area contributed by atoms with E-state index in [0.29, 0.717) is 0 Å². The first-order valence-electron chi connectivity index (χ1n) is 1.75. The summed E-state index contributed by atoms with van der Waals surface area (Å²) in [6.07, 6.45) is 3.39. The second kappa shape index (κ2) is 9.59. The zero-order valence-electron chi connectivity index (χ0n) is 3.89. The molecule has 0 aliphatic rings. The first-order valence-corrected chi connectivity index (χ1v) is 3.85. The van der Waals surface area contributed by atoms with Crippen LogP contribution in [0.15, 0.2) is 12.2 Å². The molecule has 34 valence electrons. The molecule has 0 atom stereocenters. The fraction of sp³-hybridized carbons (Fsp3) is 0.250. The Morgan fingerprint density at radius 3 is 2.43 bits per heavy atom. The Hall–Kier alpha value is 0.333. The van der Waals surface area contributed by atoms with Gasteiger partial charge in [-0.05, 0) is 0 Å². The zero-order chi connectivity index (χ0) is 4.83. The zero-order valence-corrected chi connectivity index (χ0v) is 8.45. The second-order valence-electron chi connectivity index (χ2n) is 0.820. The molecule has 3 heteroatoms. The van der Waals surface area contributed by atoms with Crippen LogP contribution in [-0.2, 0) is 18.3 Å². The van der Waals surface area contributed by atoms with E-state index in [1.54, 1.807) is 0 Å². The van der Waals surface area contributed by atoms with E-state index < -0.39 is 0 Å². The minimum atomic E-state index is 0. The van der Waals surface area contributed by atoms with Gasteiger partial charge in [0.1, 0.15) is 0 Å². The van der Waals surface area contributed by atoms with Gasteiger partial charge in [-0.1, -0.05) is 0 Å². The first-order chi connectivity index (χ1) is 2.91. The molecule has 0 rings (SSSR count). The molecule has 0 radical (unpaired) electrons. The number of rotatable bonds is 1. The SMILES string of the molecule is N#CC=C[CH2][Zn+].[Br-]. The van der Waals surface area contributed by atoms with Crippen molar-refractivity contribution in [1.82, 2.24) is 0 Å². The standard InChI is InChI=1S/C4H4N.BrH.Zn/c1-2-3-4-5;;/h2-3H,1H2;1H;/q;;+1/p-1. The van der Waals surface area contributed by atoms with E-state index in [2.05, 4.69) is 0 Å². The molecule has 0 saturated heterocycles. The molecule has 0 aromatic rings. The number of nitrogens with zero attached hydrogens (tertiary/aromatic N) is 1. The third-order valence-electron chi connectivity index (χ3n) is 0.359. The molecular weight excluding hydrogens is 207 g/mol. The maximum Gasteiger partial charge on any atom is -1.00 e. The molecule has 1 nitrogen and oxygen atoms in total. The van der Waals surface area contributed by atoms with Crippen molar-refractivity contribution in [3.05, 3.63) is 12.2 Å². The van der Waals surface area contributed by atoms with Crippen LogP contribution in [0.3, 0.4) is 0 Å². The number of nitriles is 1. The fourth-order valence-electron chi connectivity index (χ4n) is 0.136. The molecule has 0 amide bonds. The normalized spacial score (nSPS) is 7.57. The van der Waals surface area contributed by atoms with Crippen molar-refractivity contribution in [1.29, 1.82) is 5.26 Å². The minimum absolute atomic E-state index is 0. The second-order valence-corrected chi connectivity index (χ2v) is 2.03. The van der Waals surface area contributed by atoms with Crippen LogP contribution in [0.2, 0.25) is 5.02 Å². The maximum absolute atomic E-state index is 7.87. The van der Waals surface area contributed by atoms with Crippen LogP contribution in [0.5, 0.6) is 0 Å². The van der Waals surface area contributed by atoms with Crippen LogP contribution < -0.4 is 17.0 Å². The average Bonchev–Trinajstić information content (AvgIpc) is 1.61. The van der Waals surface area contributed by atoms with Gasteiger partial charge in [-0.25, -0.2) is 0 Å². The van der Waals surface area contributed by atoms with Crippen molar-refractivity contribution in [2.75, 3.05) is 0 Å². The predicted molar refractivity (Wildman–Crippen MR) is 19.6 cm³/mol. The van der Waals surface area contributed by atoms with Crippen LogP contribution in [0.25, 0.3) is 0 Å². The van der Waals surface area contributed by atoms with Gasteiger partial charge in [0.05, 0.1) is 0 Å². The van der Waals surface area contributed by atoms with Gasteiger partial charge < -0.3 is 17.0 Å². The smallest absolute Gasteiger partial charge is 1.00 e. The van der Waals surface area contributed by atoms with E-state index in [1.807, 2.05) is 12.1 Å². The van der Waals surface area contributed by atoms with Gasteiger partial charge in [-0.15, -0.1) is 0 Å². The molecule has 7 heavy (non-hydrogen) atoms. The molecule has 0 N–H and O–H groups in total. The molecular formula is C4H4BrNZn. The number of hydrogen-bond acceptors (Lipinski definition) is 1. The Bertz CT molecular complexity index is 84.2. The van der Waals surface area contributed by atoms with Gasteiger partial charge in [0, 0.05) is 0 Å². The van der Waals surface area contributed by atoms with Crippen LogP contribution in [0.1, 0.15) is 0 Å². The van der Waals surface area contributed by atoms with E-state index >= 15 is 0 Å². The Kier molecular flexibility index (Phi) is 14.2. The van der Waals surface area contributed by atoms with Crippen LogP contribution in [-0.4, -0.2) is 0 Å². The molecule has 0 bridgehead atoms. The Labute approximate surface area is 63.8 Å². The largest absolute Gasteiger partial charge is 1.00 e.